The number of halogens is 1. The van der Waals surface area contributed by atoms with Gasteiger partial charge in [0.1, 0.15) is 12.1 Å². The lowest BCUT2D eigenvalue weighted by Gasteiger charge is -2.22. The lowest BCUT2D eigenvalue weighted by molar-refractivity contribution is -0.130. The van der Waals surface area contributed by atoms with E-state index in [-0.39, 0.29) is 24.7 Å². The van der Waals surface area contributed by atoms with Gasteiger partial charge in [0.05, 0.1) is 23.1 Å². The SMILES string of the molecule is C[C@H](NC(=O)[C@H]1C[C@H](c2ccccc2)CN1C(=O)O)C(=O)NCc1[nH]c2ccncc2c1F. The topological polar surface area (TPSA) is 127 Å². The van der Waals surface area contributed by atoms with Crippen LogP contribution in [0.15, 0.2) is 48.8 Å². The van der Waals surface area contributed by atoms with Gasteiger partial charge in [-0.3, -0.25) is 19.5 Å². The van der Waals surface area contributed by atoms with Crippen LogP contribution in [0.2, 0.25) is 0 Å². The molecule has 1 saturated heterocycles. The fourth-order valence-electron chi connectivity index (χ4n) is 4.15. The highest BCUT2D eigenvalue weighted by Crippen LogP contribution is 2.32. The van der Waals surface area contributed by atoms with Gasteiger partial charge in [-0.2, -0.15) is 0 Å². The highest BCUT2D eigenvalue weighted by atomic mass is 19.1. The summed E-state index contributed by atoms with van der Waals surface area (Å²) in [7, 11) is 0. The molecule has 3 heterocycles. The lowest BCUT2D eigenvalue weighted by Crippen LogP contribution is -2.51. The summed E-state index contributed by atoms with van der Waals surface area (Å²) in [4.78, 5) is 44.9. The molecule has 1 fully saturated rings. The Kier molecular flexibility index (Phi) is 6.25. The van der Waals surface area contributed by atoms with Crippen LogP contribution in [0.5, 0.6) is 0 Å². The number of hydrogen-bond acceptors (Lipinski definition) is 4. The molecule has 3 atom stereocenters. The number of nitrogens with one attached hydrogen (secondary N) is 3. The van der Waals surface area contributed by atoms with Crippen molar-refractivity contribution in [2.45, 2.75) is 37.9 Å². The summed E-state index contributed by atoms with van der Waals surface area (Å²) in [5.74, 6) is -1.66. The number of rotatable bonds is 6. The average Bonchev–Trinajstić information content (AvgIpc) is 3.40. The second-order valence-corrected chi connectivity index (χ2v) is 8.08. The Morgan fingerprint density at radius 2 is 2.03 bits per heavy atom. The van der Waals surface area contributed by atoms with Gasteiger partial charge in [0.15, 0.2) is 5.82 Å². The Morgan fingerprint density at radius 1 is 1.27 bits per heavy atom. The molecule has 0 unspecified atom stereocenters. The molecule has 0 saturated carbocycles. The number of aromatic amines is 1. The summed E-state index contributed by atoms with van der Waals surface area (Å²) in [6.45, 7) is 1.60. The van der Waals surface area contributed by atoms with E-state index in [0.29, 0.717) is 17.3 Å². The van der Waals surface area contributed by atoms with Crippen molar-refractivity contribution in [2.24, 2.45) is 0 Å². The van der Waals surface area contributed by atoms with Crippen molar-refractivity contribution in [3.63, 3.8) is 0 Å². The molecule has 0 bridgehead atoms. The Bertz CT molecular complexity index is 1180. The minimum absolute atomic E-state index is 0.0969. The first kappa shape index (κ1) is 22.3. The highest BCUT2D eigenvalue weighted by Gasteiger charge is 2.40. The quantitative estimate of drug-likeness (QED) is 0.456. The van der Waals surface area contributed by atoms with Gasteiger partial charge in [-0.25, -0.2) is 9.18 Å². The van der Waals surface area contributed by atoms with Crippen LogP contribution in [-0.4, -0.2) is 56.5 Å². The monoisotopic (exact) mass is 453 g/mol. The van der Waals surface area contributed by atoms with E-state index in [1.807, 2.05) is 30.3 Å². The number of carbonyl (C=O) groups excluding carboxylic acids is 2. The van der Waals surface area contributed by atoms with E-state index in [1.165, 1.54) is 19.3 Å². The van der Waals surface area contributed by atoms with Gasteiger partial charge in [-0.05, 0) is 25.0 Å². The molecule has 0 spiro atoms. The third-order valence-electron chi connectivity index (χ3n) is 5.92. The first-order chi connectivity index (χ1) is 15.8. The van der Waals surface area contributed by atoms with Crippen LogP contribution in [0.25, 0.3) is 10.9 Å². The Labute approximate surface area is 189 Å². The summed E-state index contributed by atoms with van der Waals surface area (Å²) in [5, 5.41) is 15.1. The maximum atomic E-state index is 14.4. The first-order valence-corrected chi connectivity index (χ1v) is 10.6. The smallest absolute Gasteiger partial charge is 0.408 e. The highest BCUT2D eigenvalue weighted by molar-refractivity contribution is 5.91. The van der Waals surface area contributed by atoms with Gasteiger partial charge in [-0.15, -0.1) is 0 Å². The zero-order valence-corrected chi connectivity index (χ0v) is 17.9. The largest absolute Gasteiger partial charge is 0.465 e. The van der Waals surface area contributed by atoms with Gasteiger partial charge in [-0.1, -0.05) is 30.3 Å². The number of carbonyl (C=O) groups is 3. The second-order valence-electron chi connectivity index (χ2n) is 8.08. The molecule has 3 amide bonds. The van der Waals surface area contributed by atoms with Gasteiger partial charge in [0.25, 0.3) is 0 Å². The standard InChI is InChI=1S/C23H24FN5O4/c1-13(21(30)26-11-18-20(24)16-10-25-8-7-17(16)28-18)27-22(31)19-9-15(12-29(19)23(32)33)14-5-3-2-4-6-14/h2-8,10,13,15,19,28H,9,11-12H2,1H3,(H,26,30)(H,27,31)(H,32,33)/t13-,15-,19+/m0/s1. The number of likely N-dealkylation sites (tertiary alicyclic amines) is 1. The van der Waals surface area contributed by atoms with Crippen LogP contribution in [-0.2, 0) is 16.1 Å². The lowest BCUT2D eigenvalue weighted by atomic mass is 9.96. The number of fused-ring (bicyclic) bond motifs is 1. The van der Waals surface area contributed by atoms with Crippen molar-refractivity contribution in [2.75, 3.05) is 6.54 Å². The van der Waals surface area contributed by atoms with E-state index in [0.717, 1.165) is 10.5 Å². The molecule has 33 heavy (non-hydrogen) atoms. The van der Waals surface area contributed by atoms with E-state index in [4.69, 9.17) is 0 Å². The molecular weight excluding hydrogens is 429 g/mol. The molecule has 0 aliphatic carbocycles. The summed E-state index contributed by atoms with van der Waals surface area (Å²) < 4.78 is 14.4. The molecule has 1 aromatic carbocycles. The predicted octanol–water partition coefficient (Wildman–Crippen LogP) is 2.36. The zero-order valence-electron chi connectivity index (χ0n) is 17.9. The van der Waals surface area contributed by atoms with E-state index in [2.05, 4.69) is 20.6 Å². The van der Waals surface area contributed by atoms with Crippen molar-refractivity contribution in [1.29, 1.82) is 0 Å². The van der Waals surface area contributed by atoms with Gasteiger partial charge < -0.3 is 20.7 Å². The molecule has 1 aliphatic rings. The second kappa shape index (κ2) is 9.27. The summed E-state index contributed by atoms with van der Waals surface area (Å²) in [6, 6.07) is 9.21. The van der Waals surface area contributed by atoms with Crippen LogP contribution in [0.1, 0.15) is 30.5 Å². The van der Waals surface area contributed by atoms with Crippen LogP contribution < -0.4 is 10.6 Å². The Balaban J connectivity index is 1.37. The van der Waals surface area contributed by atoms with Crippen molar-refractivity contribution >= 4 is 28.8 Å². The fraction of sp³-hybridized carbons (Fsp3) is 0.304. The third kappa shape index (κ3) is 4.64. The number of hydrogen-bond donors (Lipinski definition) is 4. The Morgan fingerprint density at radius 3 is 2.73 bits per heavy atom. The van der Waals surface area contributed by atoms with E-state index >= 15 is 0 Å². The maximum Gasteiger partial charge on any atom is 0.408 e. The molecule has 1 aliphatic heterocycles. The molecular formula is C23H24FN5O4. The molecule has 4 N–H and O–H groups in total. The molecule has 2 aromatic heterocycles. The number of amides is 3. The Hall–Kier alpha value is -3.95. The summed E-state index contributed by atoms with van der Waals surface area (Å²) in [5.41, 5.74) is 1.72. The molecule has 3 aromatic rings. The van der Waals surface area contributed by atoms with Gasteiger partial charge in [0.2, 0.25) is 11.8 Å². The van der Waals surface area contributed by atoms with Crippen LogP contribution in [0, 0.1) is 5.82 Å². The normalized spacial score (nSPS) is 18.8. The number of carboxylic acid groups (broad SMARTS) is 1. The van der Waals surface area contributed by atoms with Gasteiger partial charge in [0, 0.05) is 24.9 Å². The summed E-state index contributed by atoms with van der Waals surface area (Å²) >= 11 is 0. The fourth-order valence-corrected chi connectivity index (χ4v) is 4.15. The first-order valence-electron chi connectivity index (χ1n) is 10.6. The van der Waals surface area contributed by atoms with E-state index in [1.54, 1.807) is 6.07 Å². The van der Waals surface area contributed by atoms with E-state index in [9.17, 15) is 23.9 Å². The van der Waals surface area contributed by atoms with Crippen molar-refractivity contribution in [1.82, 2.24) is 25.5 Å². The van der Waals surface area contributed by atoms with Crippen LogP contribution >= 0.6 is 0 Å². The van der Waals surface area contributed by atoms with E-state index < -0.39 is 35.8 Å². The van der Waals surface area contributed by atoms with Crippen LogP contribution in [0.4, 0.5) is 9.18 Å². The molecule has 172 valence electrons. The van der Waals surface area contributed by atoms with Crippen molar-refractivity contribution in [3.05, 3.63) is 65.9 Å². The third-order valence-corrected chi connectivity index (χ3v) is 5.92. The van der Waals surface area contributed by atoms with Crippen molar-refractivity contribution < 1.29 is 23.9 Å². The minimum atomic E-state index is -1.19. The van der Waals surface area contributed by atoms with Crippen molar-refractivity contribution in [3.8, 4) is 0 Å². The number of benzene rings is 1. The minimum Gasteiger partial charge on any atom is -0.465 e. The van der Waals surface area contributed by atoms with Crippen LogP contribution in [0.3, 0.4) is 0 Å². The number of H-pyrrole nitrogens is 1. The number of pyridine rings is 1. The maximum absolute atomic E-state index is 14.4. The molecule has 4 rings (SSSR count). The van der Waals surface area contributed by atoms with Gasteiger partial charge >= 0.3 is 6.09 Å². The number of nitrogens with zero attached hydrogens (tertiary/aromatic N) is 2. The molecule has 0 radical (unpaired) electrons. The predicted molar refractivity (Wildman–Crippen MR) is 118 cm³/mol. The summed E-state index contributed by atoms with van der Waals surface area (Å²) in [6.07, 6.45) is 2.07. The molecule has 10 heteroatoms. The number of aromatic nitrogens is 2. The molecule has 9 nitrogen and oxygen atoms in total. The zero-order chi connectivity index (χ0) is 23.5. The average molecular weight is 453 g/mol.